The molecule has 0 aliphatic heterocycles. The van der Waals surface area contributed by atoms with E-state index < -0.39 is 10.9 Å². The van der Waals surface area contributed by atoms with Crippen LogP contribution in [0.15, 0.2) is 199 Å². The molecule has 532 valence electrons. The Labute approximate surface area is 597 Å². The SMILES string of the molecule is C.C.C.C.CC(=O)O.Cc1nc2cccnc2n1CC1(c2ccccc2)CCCCC1.NCC1(c2ccccc2)CCCCC1.Nc1cccnc1NCC1(c2ccccc2)CCCCC1.O=[N+]([O-])c1cccnc1Br.O=[N+]([O-])c1cccnc1NCC1(c2ccccc2)CCCCC1. The fourth-order valence-electron chi connectivity index (χ4n) is 14.2. The second-order valence-corrected chi connectivity index (χ2v) is 26.2. The molecule has 5 aromatic heterocycles. The molecule has 0 saturated heterocycles. The third kappa shape index (κ3) is 23.1. The van der Waals surface area contributed by atoms with Crippen molar-refractivity contribution in [3.8, 4) is 0 Å². The van der Waals surface area contributed by atoms with Gasteiger partial charge in [0.05, 0.1) is 15.5 Å². The molecular formula is C80H109BrN12O6. The van der Waals surface area contributed by atoms with Gasteiger partial charge in [-0.2, -0.15) is 0 Å². The van der Waals surface area contributed by atoms with Gasteiger partial charge < -0.3 is 31.8 Å². The molecule has 4 aliphatic rings. The molecule has 5 heterocycles. The summed E-state index contributed by atoms with van der Waals surface area (Å²) < 4.78 is 2.59. The Balaban J connectivity index is 0.000000262. The standard InChI is InChI=1S/C20H23N3.C18H21N3O2.C18H23N3.C13H19N.C5H3BrN2O2.C2H4O2.4CH4/c1-16-22-18-11-8-14-21-19(18)23(16)15-20(12-6-3-7-13-20)17-9-4-2-5-10-17;22-21(23)16-10-7-13-19-17(16)20-14-18(11-5-2-6-12-18)15-8-3-1-4-9-15;19-16-10-7-13-20-17(16)21-14-18(11-5-2-6-12-18)15-8-3-1-4-9-15;14-11-13(9-5-2-6-10-13)12-7-3-1-4-8-12;6-5-4(8(9)10)2-1-3-7-5;1-2(3)4;;;;/h2,4-5,8-11,14H,3,6-7,12-13,15H2,1H3;1,3-4,7-10,13H,2,5-6,11-12,14H2,(H,19,20);1,3-4,7-10,13H,2,5-6,11-12,14,19H2,(H,20,21);1,3-4,7-8H,2,5-6,9-11,14H2;1-3H;1H3,(H,3,4);4*1H4. The summed E-state index contributed by atoms with van der Waals surface area (Å²) in [5.74, 6) is 1.40. The minimum absolute atomic E-state index is 0. The lowest BCUT2D eigenvalue weighted by molar-refractivity contribution is -0.386. The van der Waals surface area contributed by atoms with Gasteiger partial charge in [0.25, 0.3) is 5.97 Å². The zero-order valence-electron chi connectivity index (χ0n) is 55.0. The third-order valence-corrected chi connectivity index (χ3v) is 19.9. The van der Waals surface area contributed by atoms with Crippen LogP contribution in [0.2, 0.25) is 0 Å². The number of aryl methyl sites for hydroxylation is 1. The molecule has 9 aromatic rings. The molecule has 0 radical (unpaired) electrons. The lowest BCUT2D eigenvalue weighted by Crippen LogP contribution is -2.37. The fraction of sp³-hybridized carbons (Fsp3) is 0.425. The molecule has 0 amide bonds. The van der Waals surface area contributed by atoms with Gasteiger partial charge in [0.15, 0.2) is 10.3 Å². The number of halogens is 1. The number of nitrogens with one attached hydrogen (secondary N) is 2. The first-order valence-electron chi connectivity index (χ1n) is 33.5. The molecule has 0 bridgehead atoms. The Bertz CT molecular complexity index is 3780. The Morgan fingerprint density at radius 3 is 1.24 bits per heavy atom. The molecule has 0 unspecified atom stereocenters. The molecule has 0 spiro atoms. The summed E-state index contributed by atoms with van der Waals surface area (Å²) in [5, 5.41) is 35.5. The monoisotopic (exact) mass is 1410 g/mol. The Morgan fingerprint density at radius 2 is 0.838 bits per heavy atom. The molecule has 19 heteroatoms. The maximum Gasteiger partial charge on any atom is 0.311 e. The molecule has 4 aliphatic carbocycles. The highest BCUT2D eigenvalue weighted by molar-refractivity contribution is 9.10. The van der Waals surface area contributed by atoms with E-state index in [4.69, 9.17) is 26.4 Å². The van der Waals surface area contributed by atoms with Gasteiger partial charge in [-0.3, -0.25) is 25.0 Å². The maximum atomic E-state index is 11.1. The van der Waals surface area contributed by atoms with Crippen LogP contribution in [0.5, 0.6) is 0 Å². The Morgan fingerprint density at radius 1 is 0.495 bits per heavy atom. The van der Waals surface area contributed by atoms with Gasteiger partial charge in [0.2, 0.25) is 5.82 Å². The molecule has 7 N–H and O–H groups in total. The smallest absolute Gasteiger partial charge is 0.311 e. The summed E-state index contributed by atoms with van der Waals surface area (Å²) in [4.78, 5) is 50.9. The first-order valence-corrected chi connectivity index (χ1v) is 34.3. The summed E-state index contributed by atoms with van der Waals surface area (Å²) >= 11 is 2.94. The van der Waals surface area contributed by atoms with Crippen molar-refractivity contribution in [2.75, 3.05) is 36.0 Å². The average Bonchev–Trinajstić information content (AvgIpc) is 1.66. The van der Waals surface area contributed by atoms with Crippen molar-refractivity contribution >= 4 is 61.8 Å². The second-order valence-electron chi connectivity index (χ2n) is 25.5. The number of carboxylic acid groups (broad SMARTS) is 1. The molecule has 4 fully saturated rings. The highest BCUT2D eigenvalue weighted by Gasteiger charge is 2.38. The van der Waals surface area contributed by atoms with Crippen LogP contribution < -0.4 is 22.1 Å². The summed E-state index contributed by atoms with van der Waals surface area (Å²) in [6.07, 6.45) is 32.1. The van der Waals surface area contributed by atoms with E-state index in [-0.39, 0.29) is 66.9 Å². The van der Waals surface area contributed by atoms with E-state index in [1.165, 1.54) is 162 Å². The van der Waals surface area contributed by atoms with Crippen LogP contribution in [-0.2, 0) is 33.0 Å². The first kappa shape index (κ1) is 82.5. The zero-order chi connectivity index (χ0) is 67.4. The summed E-state index contributed by atoms with van der Waals surface area (Å²) in [6.45, 7) is 6.55. The van der Waals surface area contributed by atoms with E-state index >= 15 is 0 Å². The van der Waals surface area contributed by atoms with Crippen molar-refractivity contribution in [3.63, 3.8) is 0 Å². The maximum absolute atomic E-state index is 11.1. The topological polar surface area (TPSA) is 269 Å². The van der Waals surface area contributed by atoms with Crippen LogP contribution >= 0.6 is 15.9 Å². The van der Waals surface area contributed by atoms with Crippen molar-refractivity contribution in [1.29, 1.82) is 0 Å². The number of aromatic nitrogens is 6. The Hall–Kier alpha value is -8.94. The lowest BCUT2D eigenvalue weighted by atomic mass is 9.69. The number of carboxylic acids is 1. The molecule has 4 aromatic carbocycles. The van der Waals surface area contributed by atoms with E-state index in [0.717, 1.165) is 67.9 Å². The van der Waals surface area contributed by atoms with Gasteiger partial charge in [0.1, 0.15) is 17.2 Å². The summed E-state index contributed by atoms with van der Waals surface area (Å²) in [7, 11) is 0. The van der Waals surface area contributed by atoms with Crippen molar-refractivity contribution in [2.24, 2.45) is 5.73 Å². The molecule has 18 nitrogen and oxygen atoms in total. The zero-order valence-corrected chi connectivity index (χ0v) is 56.6. The van der Waals surface area contributed by atoms with Crippen LogP contribution in [0, 0.1) is 27.2 Å². The van der Waals surface area contributed by atoms with E-state index in [9.17, 15) is 20.2 Å². The number of fused-ring (bicyclic) bond motifs is 1. The highest BCUT2D eigenvalue weighted by Crippen LogP contribution is 2.44. The van der Waals surface area contributed by atoms with Gasteiger partial charge in [0, 0.05) is 91.7 Å². The lowest BCUT2D eigenvalue weighted by Gasteiger charge is -2.38. The highest BCUT2D eigenvalue weighted by atomic mass is 79.9. The van der Waals surface area contributed by atoms with E-state index in [0.29, 0.717) is 17.8 Å². The molecule has 13 rings (SSSR count). The number of nitro groups is 2. The minimum atomic E-state index is -0.833. The quantitative estimate of drug-likeness (QED) is 0.0363. The van der Waals surface area contributed by atoms with Crippen LogP contribution in [0.25, 0.3) is 11.2 Å². The largest absolute Gasteiger partial charge is 0.481 e. The number of nitrogens with two attached hydrogens (primary N) is 2. The number of nitrogens with zero attached hydrogens (tertiary/aromatic N) is 8. The van der Waals surface area contributed by atoms with Crippen LogP contribution in [0.3, 0.4) is 0 Å². The number of benzene rings is 4. The van der Waals surface area contributed by atoms with Gasteiger partial charge in [-0.15, -0.1) is 0 Å². The number of imidazole rings is 1. The number of carbonyl (C=O) groups is 1. The van der Waals surface area contributed by atoms with E-state index in [1.807, 2.05) is 30.5 Å². The van der Waals surface area contributed by atoms with Crippen LogP contribution in [0.4, 0.5) is 28.7 Å². The predicted molar refractivity (Wildman–Crippen MR) is 411 cm³/mol. The summed E-state index contributed by atoms with van der Waals surface area (Å²) in [6, 6.07) is 57.0. The number of anilines is 3. The Kier molecular flexibility index (Phi) is 34.5. The number of nitrogen functional groups attached to an aromatic ring is 1. The number of hydrogen-bond acceptors (Lipinski definition) is 14. The number of rotatable bonds is 15. The fourth-order valence-corrected chi connectivity index (χ4v) is 14.6. The van der Waals surface area contributed by atoms with Gasteiger partial charge in [-0.1, -0.05) is 228 Å². The van der Waals surface area contributed by atoms with Gasteiger partial charge >= 0.3 is 11.4 Å². The second kappa shape index (κ2) is 41.5. The molecular weight excluding hydrogens is 1300 g/mol. The van der Waals surface area contributed by atoms with E-state index in [1.54, 1.807) is 18.5 Å². The number of pyridine rings is 4. The average molecular weight is 1410 g/mol. The van der Waals surface area contributed by atoms with Crippen molar-refractivity contribution in [3.05, 3.63) is 248 Å². The van der Waals surface area contributed by atoms with Crippen molar-refractivity contribution in [1.82, 2.24) is 29.5 Å². The predicted octanol–water partition coefficient (Wildman–Crippen LogP) is 20.2. The third-order valence-electron chi connectivity index (χ3n) is 19.3. The van der Waals surface area contributed by atoms with Gasteiger partial charge in [-0.05, 0) is 133 Å². The van der Waals surface area contributed by atoms with Crippen LogP contribution in [0.1, 0.15) is 193 Å². The minimum Gasteiger partial charge on any atom is -0.481 e. The van der Waals surface area contributed by atoms with E-state index in [2.05, 4.69) is 179 Å². The molecule has 0 atom stereocenters. The van der Waals surface area contributed by atoms with Crippen molar-refractivity contribution < 1.29 is 19.7 Å². The number of hydrogen-bond donors (Lipinski definition) is 5. The normalized spacial score (nSPS) is 15.7. The van der Waals surface area contributed by atoms with Crippen molar-refractivity contribution in [2.45, 2.75) is 200 Å². The summed E-state index contributed by atoms with van der Waals surface area (Å²) in [5.41, 5.74) is 21.1. The number of aliphatic carboxylic acids is 1. The molecule has 99 heavy (non-hydrogen) atoms. The van der Waals surface area contributed by atoms with Gasteiger partial charge in [-0.25, -0.2) is 24.9 Å². The van der Waals surface area contributed by atoms with Crippen LogP contribution in [-0.4, -0.2) is 70.0 Å². The molecule has 4 saturated carbocycles. The first-order chi connectivity index (χ1) is 46.1.